The van der Waals surface area contributed by atoms with E-state index in [1.807, 2.05) is 13.8 Å². The molecule has 1 aliphatic rings. The van der Waals surface area contributed by atoms with Crippen LogP contribution in [0.25, 0.3) is 0 Å². The van der Waals surface area contributed by atoms with Crippen molar-refractivity contribution in [3.05, 3.63) is 0 Å². The molecular weight excluding hydrogens is 182 g/mol. The number of aliphatic hydroxyl groups is 1. The van der Waals surface area contributed by atoms with Crippen LogP contribution in [-0.4, -0.2) is 36.4 Å². The fourth-order valence-corrected chi connectivity index (χ4v) is 1.48. The number of hydrogen-bond donors (Lipinski definition) is 2. The molecule has 0 aromatic rings. The van der Waals surface area contributed by atoms with Crippen LogP contribution in [0.1, 0.15) is 26.7 Å². The molecule has 1 heterocycles. The second kappa shape index (κ2) is 5.32. The van der Waals surface area contributed by atoms with Crippen molar-refractivity contribution in [1.82, 2.24) is 5.32 Å². The van der Waals surface area contributed by atoms with Gasteiger partial charge in [-0.1, -0.05) is 13.8 Å². The van der Waals surface area contributed by atoms with E-state index in [0.717, 1.165) is 12.8 Å². The Labute approximate surface area is 84.6 Å². The molecule has 1 amide bonds. The molecule has 0 saturated carbocycles. The van der Waals surface area contributed by atoms with Gasteiger partial charge in [-0.05, 0) is 18.8 Å². The molecule has 1 rings (SSSR count). The Morgan fingerprint density at radius 1 is 1.64 bits per heavy atom. The number of amides is 1. The minimum absolute atomic E-state index is 0.0177. The molecule has 1 saturated heterocycles. The summed E-state index contributed by atoms with van der Waals surface area (Å²) in [5.41, 5.74) is 0. The highest BCUT2D eigenvalue weighted by Gasteiger charge is 2.26. The molecular formula is C10H19NO3. The maximum atomic E-state index is 11.6. The van der Waals surface area contributed by atoms with Crippen LogP contribution >= 0.6 is 0 Å². The predicted molar refractivity (Wildman–Crippen MR) is 52.8 cm³/mol. The second-order valence-corrected chi connectivity index (χ2v) is 4.04. The largest absolute Gasteiger partial charge is 0.394 e. The van der Waals surface area contributed by atoms with E-state index in [0.29, 0.717) is 6.61 Å². The first-order valence-electron chi connectivity index (χ1n) is 5.18. The maximum Gasteiger partial charge on any atom is 0.249 e. The molecule has 0 radical (unpaired) electrons. The molecule has 1 aliphatic heterocycles. The Balaban J connectivity index is 2.37. The number of rotatable bonds is 4. The van der Waals surface area contributed by atoms with Crippen molar-refractivity contribution < 1.29 is 14.6 Å². The Morgan fingerprint density at radius 2 is 2.36 bits per heavy atom. The number of ether oxygens (including phenoxy) is 1. The van der Waals surface area contributed by atoms with Gasteiger partial charge < -0.3 is 15.2 Å². The third-order valence-corrected chi connectivity index (χ3v) is 2.55. The number of nitrogens with one attached hydrogen (secondary N) is 1. The summed E-state index contributed by atoms with van der Waals surface area (Å²) >= 11 is 0. The van der Waals surface area contributed by atoms with Gasteiger partial charge in [0.1, 0.15) is 6.10 Å². The van der Waals surface area contributed by atoms with Gasteiger partial charge >= 0.3 is 0 Å². The highest BCUT2D eigenvalue weighted by Crippen LogP contribution is 2.12. The second-order valence-electron chi connectivity index (χ2n) is 4.04. The van der Waals surface area contributed by atoms with E-state index in [-0.39, 0.29) is 30.6 Å². The van der Waals surface area contributed by atoms with Crippen LogP contribution in [0.4, 0.5) is 0 Å². The molecule has 14 heavy (non-hydrogen) atoms. The predicted octanol–water partition coefficient (Wildman–Crippen LogP) is 0.298. The Bertz CT molecular complexity index is 188. The van der Waals surface area contributed by atoms with E-state index in [4.69, 9.17) is 9.84 Å². The first-order chi connectivity index (χ1) is 6.65. The molecule has 0 aliphatic carbocycles. The van der Waals surface area contributed by atoms with Gasteiger partial charge in [0.2, 0.25) is 5.91 Å². The van der Waals surface area contributed by atoms with E-state index in [2.05, 4.69) is 5.32 Å². The third-order valence-electron chi connectivity index (χ3n) is 2.55. The quantitative estimate of drug-likeness (QED) is 0.687. The van der Waals surface area contributed by atoms with Crippen LogP contribution < -0.4 is 5.32 Å². The van der Waals surface area contributed by atoms with Gasteiger partial charge in [0, 0.05) is 6.61 Å². The molecule has 1 fully saturated rings. The lowest BCUT2D eigenvalue weighted by Crippen LogP contribution is -2.45. The molecule has 0 bridgehead atoms. The van der Waals surface area contributed by atoms with Gasteiger partial charge in [0.25, 0.3) is 0 Å². The number of carbonyl (C=O) groups is 1. The molecule has 0 unspecified atom stereocenters. The van der Waals surface area contributed by atoms with Crippen molar-refractivity contribution in [2.24, 2.45) is 5.92 Å². The average Bonchev–Trinajstić information content (AvgIpc) is 2.65. The third kappa shape index (κ3) is 2.96. The van der Waals surface area contributed by atoms with Gasteiger partial charge in [-0.3, -0.25) is 4.79 Å². The van der Waals surface area contributed by atoms with Crippen LogP contribution in [0.3, 0.4) is 0 Å². The van der Waals surface area contributed by atoms with E-state index >= 15 is 0 Å². The average molecular weight is 201 g/mol. The summed E-state index contributed by atoms with van der Waals surface area (Å²) in [5.74, 6) is 0.153. The number of aliphatic hydroxyl groups excluding tert-OH is 1. The van der Waals surface area contributed by atoms with Crippen molar-refractivity contribution >= 4 is 5.91 Å². The fourth-order valence-electron chi connectivity index (χ4n) is 1.48. The number of carbonyl (C=O) groups excluding carboxylic acids is 1. The van der Waals surface area contributed by atoms with Gasteiger partial charge in [0.05, 0.1) is 12.6 Å². The van der Waals surface area contributed by atoms with Crippen molar-refractivity contribution in [1.29, 1.82) is 0 Å². The van der Waals surface area contributed by atoms with Crippen LogP contribution in [0, 0.1) is 5.92 Å². The summed E-state index contributed by atoms with van der Waals surface area (Å²) in [6, 6.07) is -0.160. The highest BCUT2D eigenvalue weighted by atomic mass is 16.5. The first-order valence-corrected chi connectivity index (χ1v) is 5.18. The topological polar surface area (TPSA) is 58.6 Å². The van der Waals surface area contributed by atoms with Crippen molar-refractivity contribution in [2.75, 3.05) is 13.2 Å². The monoisotopic (exact) mass is 201 g/mol. The minimum atomic E-state index is -0.303. The van der Waals surface area contributed by atoms with Crippen molar-refractivity contribution in [3.8, 4) is 0 Å². The van der Waals surface area contributed by atoms with Gasteiger partial charge in [-0.2, -0.15) is 0 Å². The zero-order valence-corrected chi connectivity index (χ0v) is 8.82. The Hall–Kier alpha value is -0.610. The molecule has 82 valence electrons. The van der Waals surface area contributed by atoms with Gasteiger partial charge in [0.15, 0.2) is 0 Å². The van der Waals surface area contributed by atoms with E-state index in [9.17, 15) is 4.79 Å². The SMILES string of the molecule is CC(C)[C@@H](CO)NC(=O)[C@@H]1CCCO1. The van der Waals surface area contributed by atoms with Crippen LogP contribution in [0.5, 0.6) is 0 Å². The molecule has 0 aromatic heterocycles. The summed E-state index contributed by atoms with van der Waals surface area (Å²) in [7, 11) is 0. The Morgan fingerprint density at radius 3 is 2.79 bits per heavy atom. The smallest absolute Gasteiger partial charge is 0.249 e. The summed E-state index contributed by atoms with van der Waals surface area (Å²) in [6.45, 7) is 4.59. The zero-order valence-electron chi connectivity index (χ0n) is 8.82. The fraction of sp³-hybridized carbons (Fsp3) is 0.900. The summed E-state index contributed by atoms with van der Waals surface area (Å²) in [5, 5.41) is 11.8. The normalized spacial score (nSPS) is 23.9. The van der Waals surface area contributed by atoms with Gasteiger partial charge in [-0.15, -0.1) is 0 Å². The lowest BCUT2D eigenvalue weighted by Gasteiger charge is -2.21. The van der Waals surface area contributed by atoms with Crippen molar-refractivity contribution in [2.45, 2.75) is 38.8 Å². The molecule has 2 N–H and O–H groups in total. The standard InChI is InChI=1S/C10H19NO3/c1-7(2)8(6-12)11-10(13)9-4-3-5-14-9/h7-9,12H,3-6H2,1-2H3,(H,11,13)/t8-,9+/m1/s1. The zero-order chi connectivity index (χ0) is 10.6. The molecule has 0 spiro atoms. The summed E-state index contributed by atoms with van der Waals surface area (Å²) in [4.78, 5) is 11.6. The molecule has 0 aromatic carbocycles. The lowest BCUT2D eigenvalue weighted by molar-refractivity contribution is -0.131. The molecule has 2 atom stereocenters. The maximum absolute atomic E-state index is 11.6. The highest BCUT2D eigenvalue weighted by molar-refractivity contribution is 5.81. The van der Waals surface area contributed by atoms with Gasteiger partial charge in [-0.25, -0.2) is 0 Å². The van der Waals surface area contributed by atoms with Crippen LogP contribution in [0.2, 0.25) is 0 Å². The molecule has 4 heteroatoms. The van der Waals surface area contributed by atoms with E-state index < -0.39 is 0 Å². The van der Waals surface area contributed by atoms with Crippen LogP contribution in [-0.2, 0) is 9.53 Å². The van der Waals surface area contributed by atoms with Crippen molar-refractivity contribution in [3.63, 3.8) is 0 Å². The number of hydrogen-bond acceptors (Lipinski definition) is 3. The minimum Gasteiger partial charge on any atom is -0.394 e. The van der Waals surface area contributed by atoms with E-state index in [1.165, 1.54) is 0 Å². The van der Waals surface area contributed by atoms with Crippen LogP contribution in [0.15, 0.2) is 0 Å². The Kier molecular flexibility index (Phi) is 4.35. The summed E-state index contributed by atoms with van der Waals surface area (Å²) in [6.07, 6.45) is 1.44. The lowest BCUT2D eigenvalue weighted by atomic mass is 10.0. The molecule has 4 nitrogen and oxygen atoms in total. The summed E-state index contributed by atoms with van der Waals surface area (Å²) < 4.78 is 5.25. The first kappa shape index (κ1) is 11.5. The van der Waals surface area contributed by atoms with E-state index in [1.54, 1.807) is 0 Å².